The summed E-state index contributed by atoms with van der Waals surface area (Å²) in [5, 5.41) is 22.2. The second-order valence-corrected chi connectivity index (χ2v) is 5.60. The van der Waals surface area contributed by atoms with Crippen molar-refractivity contribution in [1.82, 2.24) is 24.5 Å². The fraction of sp³-hybridized carbons (Fsp3) is 0.538. The summed E-state index contributed by atoms with van der Waals surface area (Å²) < 4.78 is 3.69. The summed E-state index contributed by atoms with van der Waals surface area (Å²) in [5.74, 6) is -0.0620. The first kappa shape index (κ1) is 15.6. The molecule has 0 saturated carbocycles. The molecule has 0 spiro atoms. The molecule has 21 heavy (non-hydrogen) atoms. The molecule has 0 atom stereocenters. The minimum absolute atomic E-state index is 0.0357. The second-order valence-electron chi connectivity index (χ2n) is 4.65. The Balaban J connectivity index is 2.46. The number of carboxylic acids is 1. The molecule has 0 unspecified atom stereocenters. The van der Waals surface area contributed by atoms with Gasteiger partial charge in [0.25, 0.3) is 0 Å². The minimum atomic E-state index is -0.867. The van der Waals surface area contributed by atoms with Crippen LogP contribution in [0.25, 0.3) is 5.69 Å². The summed E-state index contributed by atoms with van der Waals surface area (Å²) >= 11 is 1.18. The van der Waals surface area contributed by atoms with Crippen molar-refractivity contribution in [3.8, 4) is 5.69 Å². The summed E-state index contributed by atoms with van der Waals surface area (Å²) in [4.78, 5) is 10.8. The van der Waals surface area contributed by atoms with Gasteiger partial charge in [-0.25, -0.2) is 0 Å². The lowest BCUT2D eigenvalue weighted by atomic mass is 10.2. The number of hydrogen-bond acceptors (Lipinski definition) is 5. The van der Waals surface area contributed by atoms with E-state index in [1.165, 1.54) is 11.8 Å². The molecule has 0 aliphatic heterocycles. The lowest BCUT2D eigenvalue weighted by molar-refractivity contribution is -0.133. The highest BCUT2D eigenvalue weighted by atomic mass is 32.2. The quantitative estimate of drug-likeness (QED) is 0.783. The van der Waals surface area contributed by atoms with E-state index in [0.29, 0.717) is 5.16 Å². The maximum Gasteiger partial charge on any atom is 0.313 e. The molecule has 0 aliphatic carbocycles. The van der Waals surface area contributed by atoms with Gasteiger partial charge in [-0.15, -0.1) is 10.2 Å². The highest BCUT2D eigenvalue weighted by molar-refractivity contribution is 7.99. The normalized spacial score (nSPS) is 11.0. The number of aliphatic carboxylic acids is 1. The van der Waals surface area contributed by atoms with Gasteiger partial charge in [0.05, 0.1) is 17.1 Å². The summed E-state index contributed by atoms with van der Waals surface area (Å²) in [6, 6.07) is 0. The predicted molar refractivity (Wildman–Crippen MR) is 79.9 cm³/mol. The number of nitrogens with zero attached hydrogens (tertiary/aromatic N) is 5. The van der Waals surface area contributed by atoms with Gasteiger partial charge in [-0.2, -0.15) is 5.10 Å². The van der Waals surface area contributed by atoms with Crippen molar-refractivity contribution in [2.24, 2.45) is 7.05 Å². The van der Waals surface area contributed by atoms with E-state index in [1.54, 1.807) is 4.68 Å². The van der Waals surface area contributed by atoms with Crippen LogP contribution in [0.15, 0.2) is 11.4 Å². The van der Waals surface area contributed by atoms with Crippen molar-refractivity contribution in [2.75, 3.05) is 5.75 Å². The summed E-state index contributed by atoms with van der Waals surface area (Å²) in [6.07, 6.45) is 4.46. The van der Waals surface area contributed by atoms with Crippen molar-refractivity contribution < 1.29 is 9.90 Å². The predicted octanol–water partition coefficient (Wildman–Crippen LogP) is 1.69. The van der Waals surface area contributed by atoms with Gasteiger partial charge < -0.3 is 5.11 Å². The second kappa shape index (κ2) is 6.75. The van der Waals surface area contributed by atoms with Crippen LogP contribution in [0.4, 0.5) is 0 Å². The zero-order valence-electron chi connectivity index (χ0n) is 12.4. The van der Waals surface area contributed by atoms with E-state index in [-0.39, 0.29) is 5.75 Å². The molecule has 1 N–H and O–H groups in total. The Labute approximate surface area is 127 Å². The van der Waals surface area contributed by atoms with E-state index in [1.807, 2.05) is 24.7 Å². The van der Waals surface area contributed by atoms with E-state index >= 15 is 0 Å². The van der Waals surface area contributed by atoms with Gasteiger partial charge in [-0.3, -0.25) is 14.0 Å². The summed E-state index contributed by atoms with van der Waals surface area (Å²) in [6.45, 7) is 4.12. The number of hydrogen-bond donors (Lipinski definition) is 1. The van der Waals surface area contributed by atoms with Gasteiger partial charge in [-0.05, 0) is 12.8 Å². The van der Waals surface area contributed by atoms with Crippen LogP contribution < -0.4 is 0 Å². The van der Waals surface area contributed by atoms with Gasteiger partial charge in [0.2, 0.25) is 0 Å². The third kappa shape index (κ3) is 3.44. The van der Waals surface area contributed by atoms with E-state index in [4.69, 9.17) is 5.11 Å². The molecule has 0 aromatic carbocycles. The third-order valence-electron chi connectivity index (χ3n) is 2.96. The lowest BCUT2D eigenvalue weighted by Gasteiger charge is -2.08. The number of aromatic nitrogens is 5. The topological polar surface area (TPSA) is 85.8 Å². The smallest absolute Gasteiger partial charge is 0.313 e. The molecule has 0 aliphatic rings. The monoisotopic (exact) mass is 309 g/mol. The zero-order valence-corrected chi connectivity index (χ0v) is 13.2. The molecule has 7 nitrogen and oxygen atoms in total. The molecule has 114 valence electrons. The number of rotatable bonds is 7. The molecular formula is C13H19N5O2S. The summed E-state index contributed by atoms with van der Waals surface area (Å²) in [7, 11) is 1.87. The number of thioether (sulfide) groups is 1. The number of aryl methyl sites for hydroxylation is 3. The van der Waals surface area contributed by atoms with E-state index in [9.17, 15) is 4.79 Å². The Bertz CT molecular complexity index is 635. The highest BCUT2D eigenvalue weighted by Gasteiger charge is 2.19. The molecular weight excluding hydrogens is 290 g/mol. The average Bonchev–Trinajstić information content (AvgIpc) is 2.99. The Morgan fingerprint density at radius 3 is 2.76 bits per heavy atom. The molecule has 0 bridgehead atoms. The first-order valence-corrected chi connectivity index (χ1v) is 7.87. The van der Waals surface area contributed by atoms with Gasteiger partial charge in [0, 0.05) is 19.7 Å². The van der Waals surface area contributed by atoms with Gasteiger partial charge in [0.15, 0.2) is 5.16 Å². The van der Waals surface area contributed by atoms with Crippen molar-refractivity contribution in [3.63, 3.8) is 0 Å². The van der Waals surface area contributed by atoms with Crippen molar-refractivity contribution >= 4 is 17.7 Å². The maximum absolute atomic E-state index is 10.8. The molecule has 0 saturated heterocycles. The molecule has 0 fully saturated rings. The standard InChI is InChI=1S/C13H19N5O2S/c1-4-6-11-14-15-13(21-8-12(19)20)18(11)10-7-17(3)16-9(10)5-2/h7H,4-6,8H2,1-3H3,(H,19,20). The third-order valence-corrected chi connectivity index (χ3v) is 3.87. The summed E-state index contributed by atoms with van der Waals surface area (Å²) in [5.41, 5.74) is 1.88. The zero-order chi connectivity index (χ0) is 15.4. The molecule has 2 aromatic heterocycles. The highest BCUT2D eigenvalue weighted by Crippen LogP contribution is 2.24. The van der Waals surface area contributed by atoms with Crippen molar-refractivity contribution in [3.05, 3.63) is 17.7 Å². The molecule has 0 radical (unpaired) electrons. The molecule has 2 heterocycles. The maximum atomic E-state index is 10.8. The van der Waals surface area contributed by atoms with Crippen LogP contribution in [-0.4, -0.2) is 41.4 Å². The molecule has 2 aromatic rings. The van der Waals surface area contributed by atoms with Crippen molar-refractivity contribution in [1.29, 1.82) is 0 Å². The Hall–Kier alpha value is -1.83. The Morgan fingerprint density at radius 2 is 2.14 bits per heavy atom. The van der Waals surface area contributed by atoms with E-state index in [0.717, 1.165) is 36.5 Å². The van der Waals surface area contributed by atoms with Gasteiger partial charge >= 0.3 is 5.97 Å². The van der Waals surface area contributed by atoms with E-state index < -0.39 is 5.97 Å². The minimum Gasteiger partial charge on any atom is -0.481 e. The van der Waals surface area contributed by atoms with Crippen LogP contribution in [0.2, 0.25) is 0 Å². The molecule has 0 amide bonds. The number of carbonyl (C=O) groups is 1. The fourth-order valence-corrected chi connectivity index (χ4v) is 2.79. The van der Waals surface area contributed by atoms with Crippen LogP contribution >= 0.6 is 11.8 Å². The number of carboxylic acid groups (broad SMARTS) is 1. The lowest BCUT2D eigenvalue weighted by Crippen LogP contribution is -2.06. The van der Waals surface area contributed by atoms with Crippen LogP contribution in [0.1, 0.15) is 31.8 Å². The van der Waals surface area contributed by atoms with Gasteiger partial charge in [0.1, 0.15) is 5.82 Å². The molecule has 8 heteroatoms. The van der Waals surface area contributed by atoms with Gasteiger partial charge in [-0.1, -0.05) is 25.6 Å². The fourth-order valence-electron chi connectivity index (χ4n) is 2.11. The van der Waals surface area contributed by atoms with Crippen LogP contribution in [-0.2, 0) is 24.7 Å². The van der Waals surface area contributed by atoms with Crippen LogP contribution in [0.3, 0.4) is 0 Å². The average molecular weight is 309 g/mol. The van der Waals surface area contributed by atoms with Crippen molar-refractivity contribution in [2.45, 2.75) is 38.3 Å². The SMILES string of the molecule is CCCc1nnc(SCC(=O)O)n1-c1cn(C)nc1CC. The first-order chi connectivity index (χ1) is 10.1. The van der Waals surface area contributed by atoms with Crippen LogP contribution in [0, 0.1) is 0 Å². The Morgan fingerprint density at radius 1 is 1.38 bits per heavy atom. The molecule has 2 rings (SSSR count). The van der Waals surface area contributed by atoms with E-state index in [2.05, 4.69) is 22.2 Å². The first-order valence-electron chi connectivity index (χ1n) is 6.88. The largest absolute Gasteiger partial charge is 0.481 e. The van der Waals surface area contributed by atoms with Crippen LogP contribution in [0.5, 0.6) is 0 Å². The Kier molecular flexibility index (Phi) is 5.00.